The summed E-state index contributed by atoms with van der Waals surface area (Å²) < 4.78 is 1.19. The number of carbonyl (C=O) groups excluding carboxylic acids is 5. The maximum atomic E-state index is 11.9. The van der Waals surface area contributed by atoms with Crippen molar-refractivity contribution < 1.29 is 28.8 Å². The molecule has 0 bridgehead atoms. The molecule has 10 heteroatoms. The van der Waals surface area contributed by atoms with E-state index in [0.717, 1.165) is 42.7 Å². The zero-order valence-electron chi connectivity index (χ0n) is 18.3. The summed E-state index contributed by atoms with van der Waals surface area (Å²) in [5.74, 6) is -2.08. The first kappa shape index (κ1) is 26.5. The molecular formula is C23H28IN3O6. The molecule has 9 nitrogen and oxygen atoms in total. The first-order valence-corrected chi connectivity index (χ1v) is 12.0. The van der Waals surface area contributed by atoms with E-state index >= 15 is 0 Å². The molecule has 0 spiro atoms. The molecule has 0 unspecified atom stereocenters. The third-order valence-electron chi connectivity index (χ3n) is 4.90. The van der Waals surface area contributed by atoms with Crippen molar-refractivity contribution in [2.45, 2.75) is 51.4 Å². The predicted molar refractivity (Wildman–Crippen MR) is 128 cm³/mol. The van der Waals surface area contributed by atoms with E-state index in [2.05, 4.69) is 52.2 Å². The van der Waals surface area contributed by atoms with Gasteiger partial charge in [0, 0.05) is 48.1 Å². The summed E-state index contributed by atoms with van der Waals surface area (Å²) in [6, 6.07) is 8.26. The van der Waals surface area contributed by atoms with E-state index in [-0.39, 0.29) is 25.3 Å². The summed E-state index contributed by atoms with van der Waals surface area (Å²) >= 11 is 2.26. The highest BCUT2D eigenvalue weighted by Gasteiger charge is 2.23. The van der Waals surface area contributed by atoms with Crippen molar-refractivity contribution in [1.29, 1.82) is 0 Å². The zero-order chi connectivity index (χ0) is 24.1. The van der Waals surface area contributed by atoms with Crippen molar-refractivity contribution in [1.82, 2.24) is 15.7 Å². The van der Waals surface area contributed by atoms with Crippen LogP contribution in [0.5, 0.6) is 0 Å². The molecule has 2 rings (SSSR count). The number of benzene rings is 1. The largest absolute Gasteiger partial charge is 0.356 e. The lowest BCUT2D eigenvalue weighted by molar-refractivity contribution is -0.158. The standard InChI is InChI=1S/C23H28IN3O6/c24-18-10-8-17(9-11-18)5-4-6-19(28)25-15-3-1-2-7-23(32)33-26-20(29)14-16-27-21(30)12-13-22(27)31/h8-13H,1-7,14-16H2,(H,25,28)(H,26,29). The number of nitrogens with one attached hydrogen (secondary N) is 2. The van der Waals surface area contributed by atoms with Gasteiger partial charge in [0.15, 0.2) is 0 Å². The predicted octanol–water partition coefficient (Wildman–Crippen LogP) is 2.18. The highest BCUT2D eigenvalue weighted by molar-refractivity contribution is 14.1. The molecule has 0 atom stereocenters. The lowest BCUT2D eigenvalue weighted by atomic mass is 10.1. The summed E-state index contributed by atoms with van der Waals surface area (Å²) in [6.07, 6.45) is 6.45. The maximum Gasteiger partial charge on any atom is 0.332 e. The molecule has 2 N–H and O–H groups in total. The van der Waals surface area contributed by atoms with Crippen molar-refractivity contribution in [2.75, 3.05) is 13.1 Å². The van der Waals surface area contributed by atoms with E-state index < -0.39 is 23.7 Å². The highest BCUT2D eigenvalue weighted by Crippen LogP contribution is 2.09. The second-order valence-electron chi connectivity index (χ2n) is 7.55. The Bertz CT molecular complexity index is 867. The van der Waals surface area contributed by atoms with Crippen LogP contribution in [-0.4, -0.2) is 47.6 Å². The lowest BCUT2D eigenvalue weighted by Crippen LogP contribution is -2.35. The summed E-state index contributed by atoms with van der Waals surface area (Å²) in [5, 5.41) is 2.88. The lowest BCUT2D eigenvalue weighted by Gasteiger charge is -2.13. The number of unbranched alkanes of at least 4 members (excludes halogenated alkanes) is 2. The van der Waals surface area contributed by atoms with E-state index in [1.54, 1.807) is 0 Å². The minimum Gasteiger partial charge on any atom is -0.356 e. The smallest absolute Gasteiger partial charge is 0.332 e. The van der Waals surface area contributed by atoms with Crippen LogP contribution in [0.3, 0.4) is 0 Å². The molecule has 33 heavy (non-hydrogen) atoms. The number of rotatable bonds is 13. The van der Waals surface area contributed by atoms with E-state index in [0.29, 0.717) is 19.4 Å². The first-order valence-electron chi connectivity index (χ1n) is 10.9. The van der Waals surface area contributed by atoms with Crippen molar-refractivity contribution in [3.8, 4) is 0 Å². The van der Waals surface area contributed by atoms with Crippen LogP contribution >= 0.6 is 22.6 Å². The Balaban J connectivity index is 1.42. The molecule has 1 aliphatic rings. The quantitative estimate of drug-likeness (QED) is 0.163. The van der Waals surface area contributed by atoms with E-state index in [1.807, 2.05) is 5.48 Å². The zero-order valence-corrected chi connectivity index (χ0v) is 20.5. The SMILES string of the molecule is O=C(CCCc1ccc(I)cc1)NCCCCCC(=O)ONC(=O)CCN1C(=O)C=CC1=O. The van der Waals surface area contributed by atoms with Gasteiger partial charge < -0.3 is 10.2 Å². The fourth-order valence-electron chi connectivity index (χ4n) is 3.07. The monoisotopic (exact) mass is 569 g/mol. The molecule has 0 radical (unpaired) electrons. The molecule has 0 aromatic heterocycles. The summed E-state index contributed by atoms with van der Waals surface area (Å²) in [4.78, 5) is 63.6. The van der Waals surface area contributed by atoms with E-state index in [4.69, 9.17) is 4.84 Å². The molecule has 178 valence electrons. The Morgan fingerprint density at radius 2 is 1.55 bits per heavy atom. The van der Waals surface area contributed by atoms with E-state index in [9.17, 15) is 24.0 Å². The van der Waals surface area contributed by atoms with Gasteiger partial charge in [0.25, 0.3) is 17.7 Å². The number of hydroxylamine groups is 1. The third kappa shape index (κ3) is 10.6. The number of hydrogen-bond acceptors (Lipinski definition) is 6. The average Bonchev–Trinajstić information content (AvgIpc) is 3.11. The highest BCUT2D eigenvalue weighted by atomic mass is 127. The van der Waals surface area contributed by atoms with Crippen molar-refractivity contribution in [2.24, 2.45) is 0 Å². The van der Waals surface area contributed by atoms with Crippen molar-refractivity contribution in [3.05, 3.63) is 45.6 Å². The van der Waals surface area contributed by atoms with Gasteiger partial charge in [0.05, 0.1) is 0 Å². The normalized spacial score (nSPS) is 12.7. The van der Waals surface area contributed by atoms with Crippen LogP contribution in [0.4, 0.5) is 0 Å². The van der Waals surface area contributed by atoms with Crippen LogP contribution in [-0.2, 0) is 35.2 Å². The summed E-state index contributed by atoms with van der Waals surface area (Å²) in [7, 11) is 0. The first-order chi connectivity index (χ1) is 15.8. The Labute approximate surface area is 206 Å². The number of imide groups is 1. The van der Waals surface area contributed by atoms with E-state index in [1.165, 1.54) is 9.13 Å². The number of nitrogens with zero attached hydrogens (tertiary/aromatic N) is 1. The summed E-state index contributed by atoms with van der Waals surface area (Å²) in [6.45, 7) is 0.475. The van der Waals surface area contributed by atoms with Crippen LogP contribution in [0.15, 0.2) is 36.4 Å². The molecule has 1 heterocycles. The molecule has 1 aromatic carbocycles. The number of aryl methyl sites for hydroxylation is 1. The molecule has 0 fully saturated rings. The molecule has 0 aliphatic carbocycles. The van der Waals surface area contributed by atoms with Gasteiger partial charge >= 0.3 is 5.97 Å². The van der Waals surface area contributed by atoms with Crippen molar-refractivity contribution in [3.63, 3.8) is 0 Å². The third-order valence-corrected chi connectivity index (χ3v) is 5.62. The minimum absolute atomic E-state index is 0.0238. The van der Waals surface area contributed by atoms with Gasteiger partial charge in [-0.05, 0) is 66.0 Å². The molecule has 1 aromatic rings. The number of halogens is 1. The Hall–Kier alpha value is -2.76. The second-order valence-corrected chi connectivity index (χ2v) is 8.80. The van der Waals surface area contributed by atoms with Crippen LogP contribution in [0.1, 0.15) is 50.5 Å². The summed E-state index contributed by atoms with van der Waals surface area (Å²) in [5.41, 5.74) is 3.24. The molecule has 0 saturated carbocycles. The van der Waals surface area contributed by atoms with Gasteiger partial charge in [0.1, 0.15) is 0 Å². The van der Waals surface area contributed by atoms with Gasteiger partial charge in [-0.2, -0.15) is 5.48 Å². The molecule has 4 amide bonds. The van der Waals surface area contributed by atoms with Gasteiger partial charge in [0.2, 0.25) is 5.91 Å². The topological polar surface area (TPSA) is 122 Å². The van der Waals surface area contributed by atoms with Gasteiger partial charge in [-0.1, -0.05) is 18.6 Å². The van der Waals surface area contributed by atoms with Gasteiger partial charge in [-0.25, -0.2) is 4.79 Å². The van der Waals surface area contributed by atoms with Crippen molar-refractivity contribution >= 4 is 52.2 Å². The minimum atomic E-state index is -0.597. The van der Waals surface area contributed by atoms with Gasteiger partial charge in [-0.3, -0.25) is 24.1 Å². The van der Waals surface area contributed by atoms with Crippen LogP contribution in [0.2, 0.25) is 0 Å². The Kier molecular flexibility index (Phi) is 11.6. The second kappa shape index (κ2) is 14.4. The van der Waals surface area contributed by atoms with Crippen LogP contribution in [0.25, 0.3) is 0 Å². The number of carbonyl (C=O) groups is 5. The fourth-order valence-corrected chi connectivity index (χ4v) is 3.43. The molecule has 0 saturated heterocycles. The Morgan fingerprint density at radius 3 is 2.24 bits per heavy atom. The fraction of sp³-hybridized carbons (Fsp3) is 0.435. The van der Waals surface area contributed by atoms with Crippen LogP contribution < -0.4 is 10.8 Å². The average molecular weight is 569 g/mol. The molecular weight excluding hydrogens is 541 g/mol. The maximum absolute atomic E-state index is 11.9. The number of amides is 4. The van der Waals surface area contributed by atoms with Gasteiger partial charge in [-0.15, -0.1) is 0 Å². The Morgan fingerprint density at radius 1 is 0.848 bits per heavy atom. The van der Waals surface area contributed by atoms with Crippen LogP contribution in [0, 0.1) is 3.57 Å². The number of hydrogen-bond donors (Lipinski definition) is 2. The molecule has 1 aliphatic heterocycles.